The highest BCUT2D eigenvalue weighted by molar-refractivity contribution is 5.91. The highest BCUT2D eigenvalue weighted by Gasteiger charge is 2.59. The molecule has 0 aromatic heterocycles. The van der Waals surface area contributed by atoms with E-state index >= 15 is 0 Å². The SMILES string of the molecule is CC(=O)[C@H]1CC[C@H]2[C@@H]3CNC4=CC(=O)CC[C@]4(C)[C@H]3CC[C@]12C. The summed E-state index contributed by atoms with van der Waals surface area (Å²) in [5.41, 5.74) is 1.54. The van der Waals surface area contributed by atoms with E-state index in [-0.39, 0.29) is 22.5 Å². The van der Waals surface area contributed by atoms with Crippen molar-refractivity contribution in [3.05, 3.63) is 11.8 Å². The van der Waals surface area contributed by atoms with E-state index in [0.717, 1.165) is 19.4 Å². The summed E-state index contributed by atoms with van der Waals surface area (Å²) in [6.45, 7) is 7.53. The lowest BCUT2D eigenvalue weighted by Gasteiger charge is -2.58. The third kappa shape index (κ3) is 2.01. The molecule has 3 aliphatic carbocycles. The molecular formula is C20H29NO2. The van der Waals surface area contributed by atoms with Crippen molar-refractivity contribution in [1.29, 1.82) is 0 Å². The lowest BCUT2D eigenvalue weighted by Crippen LogP contribution is -2.56. The first-order valence-corrected chi connectivity index (χ1v) is 9.35. The molecule has 3 nitrogen and oxygen atoms in total. The van der Waals surface area contributed by atoms with Crippen molar-refractivity contribution in [2.45, 2.75) is 59.3 Å². The third-order valence-electron chi connectivity index (χ3n) is 8.09. The number of hydrogen-bond acceptors (Lipinski definition) is 3. The second-order valence-electron chi connectivity index (χ2n) is 8.98. The highest BCUT2D eigenvalue weighted by Crippen LogP contribution is 2.64. The van der Waals surface area contributed by atoms with Crippen LogP contribution < -0.4 is 5.32 Å². The number of carbonyl (C=O) groups excluding carboxylic acids is 2. The van der Waals surface area contributed by atoms with Crippen LogP contribution in [0.4, 0.5) is 0 Å². The lowest BCUT2D eigenvalue weighted by molar-refractivity contribution is -0.128. The van der Waals surface area contributed by atoms with Crippen LogP contribution >= 0.6 is 0 Å². The molecule has 0 aromatic carbocycles. The molecule has 1 heterocycles. The number of hydrogen-bond donors (Lipinski definition) is 1. The van der Waals surface area contributed by atoms with Gasteiger partial charge >= 0.3 is 0 Å². The lowest BCUT2D eigenvalue weighted by atomic mass is 9.49. The number of ketones is 2. The van der Waals surface area contributed by atoms with E-state index in [1.165, 1.54) is 25.0 Å². The molecule has 1 aliphatic heterocycles. The normalized spacial score (nSPS) is 48.7. The number of allylic oxidation sites excluding steroid dienone is 2. The van der Waals surface area contributed by atoms with Crippen molar-refractivity contribution in [3.63, 3.8) is 0 Å². The molecule has 0 spiro atoms. The van der Waals surface area contributed by atoms with Crippen LogP contribution in [0.5, 0.6) is 0 Å². The van der Waals surface area contributed by atoms with Crippen molar-refractivity contribution in [3.8, 4) is 0 Å². The molecule has 2 saturated carbocycles. The fourth-order valence-corrected chi connectivity index (χ4v) is 6.81. The summed E-state index contributed by atoms with van der Waals surface area (Å²) in [6, 6.07) is 0. The maximum absolute atomic E-state index is 12.1. The standard InChI is InChI=1S/C20H29NO2/c1-12(22)15-4-5-16-14-11-21-18-10-13(23)6-8-20(18,3)17(14)7-9-19(15,16)2/h10,14-17,21H,4-9,11H2,1-3H3/t14-,15+,16-,17-,19+,20+/m0/s1. The van der Waals surface area contributed by atoms with E-state index in [1.54, 1.807) is 6.92 Å². The first-order valence-electron chi connectivity index (χ1n) is 9.35. The Balaban J connectivity index is 1.67. The molecule has 1 saturated heterocycles. The molecule has 0 aromatic rings. The van der Waals surface area contributed by atoms with E-state index in [4.69, 9.17) is 0 Å². The first-order chi connectivity index (χ1) is 10.9. The van der Waals surface area contributed by atoms with Crippen LogP contribution in [0, 0.1) is 34.5 Å². The van der Waals surface area contributed by atoms with E-state index in [0.29, 0.717) is 30.0 Å². The monoisotopic (exact) mass is 315 g/mol. The van der Waals surface area contributed by atoms with Crippen LogP contribution in [0.25, 0.3) is 0 Å². The summed E-state index contributed by atoms with van der Waals surface area (Å²) in [6.07, 6.45) is 8.25. The predicted octanol–water partition coefficient (Wildman–Crippen LogP) is 3.49. The van der Waals surface area contributed by atoms with Crippen molar-refractivity contribution >= 4 is 11.6 Å². The Hall–Kier alpha value is -1.12. The predicted molar refractivity (Wildman–Crippen MR) is 89.6 cm³/mol. The topological polar surface area (TPSA) is 46.2 Å². The van der Waals surface area contributed by atoms with Crippen LogP contribution in [0.2, 0.25) is 0 Å². The number of carbonyl (C=O) groups is 2. The fourth-order valence-electron chi connectivity index (χ4n) is 6.81. The van der Waals surface area contributed by atoms with Gasteiger partial charge in [-0.25, -0.2) is 0 Å². The molecule has 126 valence electrons. The first kappa shape index (κ1) is 15.4. The van der Waals surface area contributed by atoms with Gasteiger partial charge in [0.15, 0.2) is 5.78 Å². The second kappa shape index (κ2) is 4.94. The maximum Gasteiger partial charge on any atom is 0.157 e. The Morgan fingerprint density at radius 1 is 1.17 bits per heavy atom. The van der Waals surface area contributed by atoms with Crippen LogP contribution in [0.3, 0.4) is 0 Å². The summed E-state index contributed by atoms with van der Waals surface area (Å²) in [5, 5.41) is 3.62. The molecule has 6 atom stereocenters. The molecule has 3 fully saturated rings. The van der Waals surface area contributed by atoms with Crippen LogP contribution in [0.1, 0.15) is 59.3 Å². The Kier molecular flexibility index (Phi) is 3.31. The fraction of sp³-hybridized carbons (Fsp3) is 0.800. The summed E-state index contributed by atoms with van der Waals surface area (Å²) in [7, 11) is 0. The van der Waals surface area contributed by atoms with Gasteiger partial charge in [0.2, 0.25) is 0 Å². The minimum absolute atomic E-state index is 0.145. The molecule has 3 heteroatoms. The number of rotatable bonds is 1. The van der Waals surface area contributed by atoms with Crippen molar-refractivity contribution in [1.82, 2.24) is 5.32 Å². The van der Waals surface area contributed by atoms with Crippen LogP contribution in [-0.2, 0) is 9.59 Å². The van der Waals surface area contributed by atoms with Gasteiger partial charge in [0.05, 0.1) is 0 Å². The zero-order valence-electron chi connectivity index (χ0n) is 14.7. The van der Waals surface area contributed by atoms with E-state index < -0.39 is 0 Å². The van der Waals surface area contributed by atoms with Gasteiger partial charge in [-0.2, -0.15) is 0 Å². The van der Waals surface area contributed by atoms with Gasteiger partial charge in [-0.15, -0.1) is 0 Å². The average Bonchev–Trinajstić information content (AvgIpc) is 2.85. The molecule has 1 N–H and O–H groups in total. The molecule has 0 bridgehead atoms. The molecule has 4 aliphatic rings. The summed E-state index contributed by atoms with van der Waals surface area (Å²) >= 11 is 0. The number of nitrogens with one attached hydrogen (secondary N) is 1. The summed E-state index contributed by atoms with van der Waals surface area (Å²) < 4.78 is 0. The molecule has 0 unspecified atom stereocenters. The van der Waals surface area contributed by atoms with E-state index in [2.05, 4.69) is 19.2 Å². The molecule has 0 radical (unpaired) electrons. The van der Waals surface area contributed by atoms with Gasteiger partial charge in [-0.05, 0) is 62.2 Å². The molecule has 0 amide bonds. The summed E-state index contributed by atoms with van der Waals surface area (Å²) in [5.74, 6) is 2.94. The summed E-state index contributed by atoms with van der Waals surface area (Å²) in [4.78, 5) is 23.9. The van der Waals surface area contributed by atoms with E-state index in [1.807, 2.05) is 6.08 Å². The highest BCUT2D eigenvalue weighted by atomic mass is 16.1. The van der Waals surface area contributed by atoms with Crippen molar-refractivity contribution < 1.29 is 9.59 Å². The van der Waals surface area contributed by atoms with E-state index in [9.17, 15) is 9.59 Å². The van der Waals surface area contributed by atoms with Crippen molar-refractivity contribution in [2.24, 2.45) is 34.5 Å². The van der Waals surface area contributed by atoms with Gasteiger partial charge in [0.1, 0.15) is 5.78 Å². The maximum atomic E-state index is 12.1. The van der Waals surface area contributed by atoms with Crippen LogP contribution in [-0.4, -0.2) is 18.1 Å². The number of piperidine rings is 1. The minimum Gasteiger partial charge on any atom is -0.387 e. The average molecular weight is 315 g/mol. The van der Waals surface area contributed by atoms with Gasteiger partial charge in [0, 0.05) is 36.1 Å². The third-order valence-corrected chi connectivity index (χ3v) is 8.09. The Morgan fingerprint density at radius 3 is 2.70 bits per heavy atom. The van der Waals surface area contributed by atoms with Crippen LogP contribution in [0.15, 0.2) is 11.8 Å². The van der Waals surface area contributed by atoms with Gasteiger partial charge in [-0.1, -0.05) is 13.8 Å². The molecule has 4 rings (SSSR count). The second-order valence-corrected chi connectivity index (χ2v) is 8.98. The minimum atomic E-state index is 0.145. The van der Waals surface area contributed by atoms with Crippen molar-refractivity contribution in [2.75, 3.05) is 6.54 Å². The number of Topliss-reactive ketones (excluding diaryl/α,β-unsaturated/α-hetero) is 1. The van der Waals surface area contributed by atoms with Gasteiger partial charge in [0.25, 0.3) is 0 Å². The molecular weight excluding hydrogens is 286 g/mol. The molecule has 23 heavy (non-hydrogen) atoms. The quantitative estimate of drug-likeness (QED) is 0.805. The zero-order chi connectivity index (χ0) is 16.4. The smallest absolute Gasteiger partial charge is 0.157 e. The van der Waals surface area contributed by atoms with Gasteiger partial charge < -0.3 is 5.32 Å². The largest absolute Gasteiger partial charge is 0.387 e. The zero-order valence-corrected chi connectivity index (χ0v) is 14.7. The Morgan fingerprint density at radius 2 is 1.96 bits per heavy atom. The van der Waals surface area contributed by atoms with Gasteiger partial charge in [-0.3, -0.25) is 9.59 Å². The Labute approximate surface area is 139 Å². The Bertz CT molecular complexity index is 594. The number of fused-ring (bicyclic) bond motifs is 5.